The second kappa shape index (κ2) is 7.45. The van der Waals surface area contributed by atoms with Gasteiger partial charge in [-0.05, 0) is 30.5 Å². The SMILES string of the molecule is O=C(CCCCO)Nc1cccc(Cn2ccnc2)c1. The molecule has 0 atom stereocenters. The molecule has 1 aromatic carbocycles. The van der Waals surface area contributed by atoms with Crippen molar-refractivity contribution in [1.82, 2.24) is 9.55 Å². The molecule has 1 aromatic heterocycles. The number of aliphatic hydroxyl groups excluding tert-OH is 1. The number of unbranched alkanes of at least 4 members (excludes halogenated alkanes) is 1. The number of hydrogen-bond donors (Lipinski definition) is 2. The van der Waals surface area contributed by atoms with Gasteiger partial charge in [-0.2, -0.15) is 0 Å². The Hall–Kier alpha value is -2.14. The Morgan fingerprint density at radius 3 is 3.00 bits per heavy atom. The number of amides is 1. The molecule has 2 N–H and O–H groups in total. The van der Waals surface area contributed by atoms with Crippen LogP contribution in [-0.2, 0) is 11.3 Å². The van der Waals surface area contributed by atoms with Crippen molar-refractivity contribution < 1.29 is 9.90 Å². The minimum absolute atomic E-state index is 0.0155. The number of hydrogen-bond acceptors (Lipinski definition) is 3. The minimum Gasteiger partial charge on any atom is -0.396 e. The minimum atomic E-state index is -0.0155. The molecular formula is C15H19N3O2. The molecule has 1 amide bonds. The molecule has 0 aliphatic carbocycles. The third-order valence-electron chi connectivity index (χ3n) is 2.95. The number of imidazole rings is 1. The normalized spacial score (nSPS) is 10.4. The van der Waals surface area contributed by atoms with E-state index in [1.165, 1.54) is 0 Å². The number of nitrogens with one attached hydrogen (secondary N) is 1. The fraction of sp³-hybridized carbons (Fsp3) is 0.333. The molecule has 0 spiro atoms. The lowest BCUT2D eigenvalue weighted by molar-refractivity contribution is -0.116. The summed E-state index contributed by atoms with van der Waals surface area (Å²) in [5.41, 5.74) is 1.91. The molecule has 20 heavy (non-hydrogen) atoms. The first-order valence-electron chi connectivity index (χ1n) is 6.73. The van der Waals surface area contributed by atoms with Gasteiger partial charge < -0.3 is 15.0 Å². The first-order valence-corrected chi connectivity index (χ1v) is 6.73. The van der Waals surface area contributed by atoms with E-state index in [1.807, 2.05) is 35.0 Å². The summed E-state index contributed by atoms with van der Waals surface area (Å²) in [6, 6.07) is 7.78. The first-order chi connectivity index (χ1) is 9.78. The molecule has 2 aromatic rings. The molecule has 0 aliphatic heterocycles. The van der Waals surface area contributed by atoms with Gasteiger partial charge in [-0.3, -0.25) is 4.79 Å². The van der Waals surface area contributed by atoms with Crippen molar-refractivity contribution in [3.8, 4) is 0 Å². The molecule has 2 rings (SSSR count). The van der Waals surface area contributed by atoms with Crippen LogP contribution in [0.2, 0.25) is 0 Å². The summed E-state index contributed by atoms with van der Waals surface area (Å²) in [4.78, 5) is 15.7. The number of rotatable bonds is 7. The van der Waals surface area contributed by atoms with E-state index in [1.54, 1.807) is 12.5 Å². The van der Waals surface area contributed by atoms with E-state index in [-0.39, 0.29) is 12.5 Å². The van der Waals surface area contributed by atoms with Crippen LogP contribution in [0.3, 0.4) is 0 Å². The first kappa shape index (κ1) is 14.3. The Balaban J connectivity index is 1.90. The highest BCUT2D eigenvalue weighted by Crippen LogP contribution is 2.12. The second-order valence-electron chi connectivity index (χ2n) is 4.66. The van der Waals surface area contributed by atoms with Gasteiger partial charge in [0.05, 0.1) is 6.33 Å². The Labute approximate surface area is 118 Å². The summed E-state index contributed by atoms with van der Waals surface area (Å²) < 4.78 is 1.97. The predicted octanol–water partition coefficient (Wildman–Crippen LogP) is 2.03. The van der Waals surface area contributed by atoms with Crippen molar-refractivity contribution >= 4 is 11.6 Å². The van der Waals surface area contributed by atoms with Gasteiger partial charge in [-0.25, -0.2) is 4.98 Å². The van der Waals surface area contributed by atoms with Gasteiger partial charge in [-0.15, -0.1) is 0 Å². The summed E-state index contributed by atoms with van der Waals surface area (Å²) in [5, 5.41) is 11.6. The molecule has 0 fully saturated rings. The highest BCUT2D eigenvalue weighted by atomic mass is 16.2. The lowest BCUT2D eigenvalue weighted by Crippen LogP contribution is -2.11. The molecule has 0 radical (unpaired) electrons. The van der Waals surface area contributed by atoms with Crippen molar-refractivity contribution in [2.75, 3.05) is 11.9 Å². The largest absolute Gasteiger partial charge is 0.396 e. The second-order valence-corrected chi connectivity index (χ2v) is 4.66. The van der Waals surface area contributed by atoms with Crippen LogP contribution in [0, 0.1) is 0 Å². The van der Waals surface area contributed by atoms with Crippen LogP contribution in [0.1, 0.15) is 24.8 Å². The van der Waals surface area contributed by atoms with Crippen LogP contribution in [0.4, 0.5) is 5.69 Å². The maximum atomic E-state index is 11.7. The third kappa shape index (κ3) is 4.51. The summed E-state index contributed by atoms with van der Waals surface area (Å²) in [7, 11) is 0. The lowest BCUT2D eigenvalue weighted by atomic mass is 10.2. The van der Waals surface area contributed by atoms with E-state index < -0.39 is 0 Å². The third-order valence-corrected chi connectivity index (χ3v) is 2.95. The highest BCUT2D eigenvalue weighted by molar-refractivity contribution is 5.90. The Morgan fingerprint density at radius 1 is 1.35 bits per heavy atom. The number of aromatic nitrogens is 2. The maximum absolute atomic E-state index is 11.7. The summed E-state index contributed by atoms with van der Waals surface area (Å²) in [6.45, 7) is 0.863. The number of carbonyl (C=O) groups excluding carboxylic acids is 1. The molecule has 106 valence electrons. The number of anilines is 1. The predicted molar refractivity (Wildman–Crippen MR) is 77.3 cm³/mol. The average Bonchev–Trinajstić information content (AvgIpc) is 2.92. The van der Waals surface area contributed by atoms with Gasteiger partial charge in [0.2, 0.25) is 5.91 Å². The van der Waals surface area contributed by atoms with Crippen LogP contribution in [-0.4, -0.2) is 27.2 Å². The summed E-state index contributed by atoms with van der Waals surface area (Å²) in [6.07, 6.45) is 7.21. The average molecular weight is 273 g/mol. The molecule has 0 unspecified atom stereocenters. The zero-order chi connectivity index (χ0) is 14.2. The number of carbonyl (C=O) groups is 1. The topological polar surface area (TPSA) is 67.2 Å². The van der Waals surface area contributed by atoms with Crippen molar-refractivity contribution in [1.29, 1.82) is 0 Å². The van der Waals surface area contributed by atoms with Gasteiger partial charge in [0.1, 0.15) is 0 Å². The number of benzene rings is 1. The van der Waals surface area contributed by atoms with Crippen molar-refractivity contribution in [2.24, 2.45) is 0 Å². The van der Waals surface area contributed by atoms with Gasteiger partial charge >= 0.3 is 0 Å². The van der Waals surface area contributed by atoms with E-state index in [0.717, 1.165) is 17.8 Å². The molecule has 0 saturated carbocycles. The fourth-order valence-corrected chi connectivity index (χ4v) is 1.96. The van der Waals surface area contributed by atoms with E-state index in [0.29, 0.717) is 19.3 Å². The highest BCUT2D eigenvalue weighted by Gasteiger charge is 2.03. The Bertz CT molecular complexity index is 538. The van der Waals surface area contributed by atoms with Crippen LogP contribution in [0.25, 0.3) is 0 Å². The quantitative estimate of drug-likeness (QED) is 0.759. The van der Waals surface area contributed by atoms with Crippen molar-refractivity contribution in [2.45, 2.75) is 25.8 Å². The zero-order valence-electron chi connectivity index (χ0n) is 11.3. The van der Waals surface area contributed by atoms with Crippen molar-refractivity contribution in [3.63, 3.8) is 0 Å². The van der Waals surface area contributed by atoms with Crippen LogP contribution >= 0.6 is 0 Å². The van der Waals surface area contributed by atoms with Crippen molar-refractivity contribution in [3.05, 3.63) is 48.5 Å². The molecule has 1 heterocycles. The molecular weight excluding hydrogens is 254 g/mol. The summed E-state index contributed by atoms with van der Waals surface area (Å²) in [5.74, 6) is -0.0155. The van der Waals surface area contributed by atoms with Crippen LogP contribution in [0.15, 0.2) is 43.0 Å². The van der Waals surface area contributed by atoms with Crippen LogP contribution < -0.4 is 5.32 Å². The molecule has 0 saturated heterocycles. The molecule has 0 bridgehead atoms. The van der Waals surface area contributed by atoms with Gasteiger partial charge in [0, 0.05) is 37.7 Å². The van der Waals surface area contributed by atoms with E-state index in [9.17, 15) is 4.79 Å². The monoisotopic (exact) mass is 273 g/mol. The standard InChI is InChI=1S/C15H19N3O2/c19-9-2-1-6-15(20)17-14-5-3-4-13(10-14)11-18-8-7-16-12-18/h3-5,7-8,10,12,19H,1-2,6,9,11H2,(H,17,20). The van der Waals surface area contributed by atoms with Gasteiger partial charge in [0.25, 0.3) is 0 Å². The Morgan fingerprint density at radius 2 is 2.25 bits per heavy atom. The molecule has 0 aliphatic rings. The van der Waals surface area contributed by atoms with Crippen LogP contribution in [0.5, 0.6) is 0 Å². The smallest absolute Gasteiger partial charge is 0.224 e. The fourth-order valence-electron chi connectivity index (χ4n) is 1.96. The van der Waals surface area contributed by atoms with E-state index in [4.69, 9.17) is 5.11 Å². The van der Waals surface area contributed by atoms with E-state index >= 15 is 0 Å². The number of nitrogens with zero attached hydrogens (tertiary/aromatic N) is 2. The zero-order valence-corrected chi connectivity index (χ0v) is 11.3. The van der Waals surface area contributed by atoms with Gasteiger partial charge in [-0.1, -0.05) is 12.1 Å². The van der Waals surface area contributed by atoms with E-state index in [2.05, 4.69) is 10.3 Å². The molecule has 5 heteroatoms. The van der Waals surface area contributed by atoms with Gasteiger partial charge in [0.15, 0.2) is 0 Å². The lowest BCUT2D eigenvalue weighted by Gasteiger charge is -2.08. The maximum Gasteiger partial charge on any atom is 0.224 e. The Kier molecular flexibility index (Phi) is 5.32. The molecule has 5 nitrogen and oxygen atoms in total. The number of aliphatic hydroxyl groups is 1. The summed E-state index contributed by atoms with van der Waals surface area (Å²) >= 11 is 0.